The summed E-state index contributed by atoms with van der Waals surface area (Å²) >= 11 is 0. The van der Waals surface area contributed by atoms with Crippen LogP contribution in [0.4, 0.5) is 13.6 Å². The van der Waals surface area contributed by atoms with Gasteiger partial charge in [-0.05, 0) is 58.2 Å². The van der Waals surface area contributed by atoms with Gasteiger partial charge in [-0.1, -0.05) is 6.07 Å². The summed E-state index contributed by atoms with van der Waals surface area (Å²) < 4.78 is 38.0. The van der Waals surface area contributed by atoms with Gasteiger partial charge in [0.15, 0.2) is 0 Å². The number of halogens is 2. The Morgan fingerprint density at radius 3 is 2.72 bits per heavy atom. The number of piperidine rings is 1. The maximum atomic E-state index is 13.8. The fourth-order valence-corrected chi connectivity index (χ4v) is 3.27. The number of hydrogen-bond donors (Lipinski definition) is 0. The molecule has 5 nitrogen and oxygen atoms in total. The normalized spacial score (nSPS) is 17.1. The van der Waals surface area contributed by atoms with Crippen LogP contribution in [-0.4, -0.2) is 28.1 Å². The summed E-state index contributed by atoms with van der Waals surface area (Å²) in [4.78, 5) is 18.9. The number of ether oxygens (including phenoxy) is 2. The first kappa shape index (κ1) is 21.0. The fourth-order valence-electron chi connectivity index (χ4n) is 3.27. The van der Waals surface area contributed by atoms with Crippen molar-refractivity contribution in [2.24, 2.45) is 0 Å². The van der Waals surface area contributed by atoms with Crippen LogP contribution in [0.15, 0.2) is 36.4 Å². The highest BCUT2D eigenvalue weighted by Gasteiger charge is 2.32. The van der Waals surface area contributed by atoms with Gasteiger partial charge >= 0.3 is 6.09 Å². The third kappa shape index (κ3) is 5.65. The number of carbonyl (C=O) groups excluding carboxylic acids is 1. The van der Waals surface area contributed by atoms with E-state index in [0.717, 1.165) is 25.3 Å². The van der Waals surface area contributed by atoms with Crippen molar-refractivity contribution >= 4 is 6.09 Å². The van der Waals surface area contributed by atoms with E-state index in [-0.39, 0.29) is 24.3 Å². The number of carbonyl (C=O) groups is 1. The molecule has 0 aliphatic carbocycles. The van der Waals surface area contributed by atoms with Gasteiger partial charge in [-0.3, -0.25) is 4.90 Å². The van der Waals surface area contributed by atoms with Crippen LogP contribution >= 0.6 is 0 Å². The van der Waals surface area contributed by atoms with Crippen LogP contribution in [0.2, 0.25) is 0 Å². The van der Waals surface area contributed by atoms with E-state index in [1.165, 1.54) is 12.1 Å². The molecular weight excluding hydrogens is 378 g/mol. The Bertz CT molecular complexity index is 867. The molecule has 1 unspecified atom stereocenters. The van der Waals surface area contributed by atoms with E-state index in [1.807, 2.05) is 26.8 Å². The smallest absolute Gasteiger partial charge is 0.410 e. The van der Waals surface area contributed by atoms with Crippen molar-refractivity contribution < 1.29 is 23.0 Å². The Balaban J connectivity index is 1.73. The van der Waals surface area contributed by atoms with E-state index in [1.54, 1.807) is 17.0 Å². The Hall–Kier alpha value is -2.70. The van der Waals surface area contributed by atoms with E-state index < -0.39 is 17.2 Å². The summed E-state index contributed by atoms with van der Waals surface area (Å²) in [6.45, 7) is 6.05. The summed E-state index contributed by atoms with van der Waals surface area (Å²) in [6.07, 6.45) is 2.32. The molecule has 0 saturated carbocycles. The second kappa shape index (κ2) is 8.76. The van der Waals surface area contributed by atoms with Crippen molar-refractivity contribution in [3.8, 4) is 5.88 Å². The van der Waals surface area contributed by atoms with Crippen LogP contribution < -0.4 is 4.74 Å². The van der Waals surface area contributed by atoms with Crippen LogP contribution in [0.3, 0.4) is 0 Å². The van der Waals surface area contributed by atoms with Gasteiger partial charge in [0.25, 0.3) is 0 Å². The predicted octanol–water partition coefficient (Wildman–Crippen LogP) is 5.40. The number of likely N-dealkylation sites (tertiary alicyclic amines) is 1. The fraction of sp³-hybridized carbons (Fsp3) is 0.455. The first-order chi connectivity index (χ1) is 13.7. The Kier molecular flexibility index (Phi) is 6.35. The highest BCUT2D eigenvalue weighted by atomic mass is 19.1. The van der Waals surface area contributed by atoms with E-state index in [4.69, 9.17) is 9.47 Å². The summed E-state index contributed by atoms with van der Waals surface area (Å²) in [5.74, 6) is -0.976. The molecule has 1 aromatic heterocycles. The topological polar surface area (TPSA) is 51.7 Å². The van der Waals surface area contributed by atoms with Crippen molar-refractivity contribution in [1.82, 2.24) is 9.88 Å². The van der Waals surface area contributed by atoms with Crippen molar-refractivity contribution in [2.75, 3.05) is 6.54 Å². The molecule has 1 aromatic carbocycles. The number of benzene rings is 1. The molecule has 1 atom stereocenters. The van der Waals surface area contributed by atoms with Gasteiger partial charge in [0.2, 0.25) is 5.88 Å². The first-order valence-electron chi connectivity index (χ1n) is 9.76. The summed E-state index contributed by atoms with van der Waals surface area (Å²) in [7, 11) is 0. The summed E-state index contributed by atoms with van der Waals surface area (Å²) in [6, 6.07) is 8.46. The zero-order chi connectivity index (χ0) is 21.0. The number of hydrogen-bond acceptors (Lipinski definition) is 4. The molecule has 156 valence electrons. The average molecular weight is 404 g/mol. The highest BCUT2D eigenvalue weighted by Crippen LogP contribution is 2.32. The van der Waals surface area contributed by atoms with E-state index in [9.17, 15) is 13.6 Å². The lowest BCUT2D eigenvalue weighted by atomic mass is 9.99. The Labute approximate surface area is 169 Å². The third-order valence-corrected chi connectivity index (χ3v) is 4.61. The second-order valence-corrected chi connectivity index (χ2v) is 8.11. The highest BCUT2D eigenvalue weighted by molar-refractivity contribution is 5.69. The molecule has 1 aliphatic heterocycles. The maximum Gasteiger partial charge on any atom is 0.410 e. The van der Waals surface area contributed by atoms with Crippen LogP contribution in [0.25, 0.3) is 0 Å². The monoisotopic (exact) mass is 404 g/mol. The van der Waals surface area contributed by atoms with Gasteiger partial charge in [0, 0.05) is 24.2 Å². The van der Waals surface area contributed by atoms with E-state index >= 15 is 0 Å². The number of rotatable bonds is 4. The molecule has 0 spiro atoms. The van der Waals surface area contributed by atoms with E-state index in [2.05, 4.69) is 4.98 Å². The van der Waals surface area contributed by atoms with E-state index in [0.29, 0.717) is 18.1 Å². The molecule has 7 heteroatoms. The minimum Gasteiger partial charge on any atom is -0.473 e. The minimum absolute atomic E-state index is 0.0665. The molecule has 2 aromatic rings. The third-order valence-electron chi connectivity index (χ3n) is 4.61. The largest absolute Gasteiger partial charge is 0.473 e. The molecule has 0 radical (unpaired) electrons. The van der Waals surface area contributed by atoms with Crippen molar-refractivity contribution in [3.05, 3.63) is 59.3 Å². The Morgan fingerprint density at radius 1 is 1.21 bits per heavy atom. The number of aromatic nitrogens is 1. The Morgan fingerprint density at radius 2 is 2.00 bits per heavy atom. The van der Waals surface area contributed by atoms with Gasteiger partial charge in [-0.25, -0.2) is 18.6 Å². The lowest BCUT2D eigenvalue weighted by Crippen LogP contribution is -2.42. The molecule has 0 N–H and O–H groups in total. The molecule has 2 heterocycles. The van der Waals surface area contributed by atoms with Gasteiger partial charge in [-0.15, -0.1) is 0 Å². The summed E-state index contributed by atoms with van der Waals surface area (Å²) in [5, 5.41) is 0. The number of nitrogens with zero attached hydrogens (tertiary/aromatic N) is 2. The summed E-state index contributed by atoms with van der Waals surface area (Å²) in [5.41, 5.74) is 0.371. The lowest BCUT2D eigenvalue weighted by Gasteiger charge is -2.36. The van der Waals surface area contributed by atoms with Crippen LogP contribution in [0.5, 0.6) is 5.88 Å². The van der Waals surface area contributed by atoms with Gasteiger partial charge < -0.3 is 9.47 Å². The first-order valence-corrected chi connectivity index (χ1v) is 9.76. The molecule has 1 aliphatic rings. The average Bonchev–Trinajstić information content (AvgIpc) is 2.66. The van der Waals surface area contributed by atoms with Gasteiger partial charge in [0.1, 0.15) is 23.8 Å². The minimum atomic E-state index is -0.662. The van der Waals surface area contributed by atoms with Crippen LogP contribution in [0, 0.1) is 11.6 Å². The van der Waals surface area contributed by atoms with Crippen molar-refractivity contribution in [1.29, 1.82) is 0 Å². The van der Waals surface area contributed by atoms with Crippen LogP contribution in [-0.2, 0) is 11.3 Å². The molecule has 3 rings (SSSR count). The molecular formula is C22H26F2N2O3. The molecule has 0 bridgehead atoms. The molecule has 1 saturated heterocycles. The lowest BCUT2D eigenvalue weighted by molar-refractivity contribution is 0.00891. The second-order valence-electron chi connectivity index (χ2n) is 8.11. The van der Waals surface area contributed by atoms with Crippen molar-refractivity contribution in [2.45, 2.75) is 58.3 Å². The van der Waals surface area contributed by atoms with Crippen molar-refractivity contribution in [3.63, 3.8) is 0 Å². The molecule has 1 amide bonds. The zero-order valence-electron chi connectivity index (χ0n) is 17.0. The van der Waals surface area contributed by atoms with Gasteiger partial charge in [-0.2, -0.15) is 0 Å². The number of amides is 1. The maximum absolute atomic E-state index is 13.8. The SMILES string of the molecule is CC(C)(C)OC(=O)N1CCCCC1c1cccc(OCc2ccc(F)cc2F)n1. The zero-order valence-corrected chi connectivity index (χ0v) is 17.0. The molecule has 1 fully saturated rings. The molecule has 29 heavy (non-hydrogen) atoms. The predicted molar refractivity (Wildman–Crippen MR) is 104 cm³/mol. The van der Waals surface area contributed by atoms with Crippen LogP contribution in [0.1, 0.15) is 57.3 Å². The quantitative estimate of drug-likeness (QED) is 0.685. The standard InChI is InChI=1S/C22H26F2N2O3/c1-22(2,3)29-21(27)26-12-5-4-8-19(26)18-7-6-9-20(25-18)28-14-15-10-11-16(23)13-17(15)24/h6-7,9-11,13,19H,4-5,8,12,14H2,1-3H3. The van der Waals surface area contributed by atoms with Gasteiger partial charge in [0.05, 0.1) is 11.7 Å². The number of pyridine rings is 1.